The van der Waals surface area contributed by atoms with Crippen LogP contribution in [0.2, 0.25) is 0 Å². The van der Waals surface area contributed by atoms with Gasteiger partial charge in [-0.25, -0.2) is 19.4 Å². The number of carbonyl (C=O) groups excluding carboxylic acids is 2. The third-order valence-corrected chi connectivity index (χ3v) is 12.2. The summed E-state index contributed by atoms with van der Waals surface area (Å²) in [4.78, 5) is 42.4. The van der Waals surface area contributed by atoms with Crippen molar-refractivity contribution in [1.29, 1.82) is 0 Å². The second kappa shape index (κ2) is 15.9. The van der Waals surface area contributed by atoms with Gasteiger partial charge in [-0.2, -0.15) is 5.10 Å². The molecule has 0 aliphatic carbocycles. The van der Waals surface area contributed by atoms with Crippen LogP contribution in [-0.2, 0) is 4.79 Å². The number of nitrogens with two attached hydrogens (primary N) is 1. The molecule has 3 aromatic carbocycles. The molecule has 4 aliphatic rings. The molecular formula is C43H50N10O3. The van der Waals surface area contributed by atoms with Crippen LogP contribution in [0.3, 0.4) is 0 Å². The Kier molecular flexibility index (Phi) is 10.3. The molecule has 13 nitrogen and oxygen atoms in total. The van der Waals surface area contributed by atoms with Gasteiger partial charge in [0.05, 0.1) is 11.4 Å². The molecule has 290 valence electrons. The highest BCUT2D eigenvalue weighted by Gasteiger charge is 2.33. The summed E-state index contributed by atoms with van der Waals surface area (Å²) in [6.07, 6.45) is 8.83. The van der Waals surface area contributed by atoms with Crippen molar-refractivity contribution in [3.05, 3.63) is 85.2 Å². The maximum Gasteiger partial charge on any atom is 0.328 e. The summed E-state index contributed by atoms with van der Waals surface area (Å²) < 4.78 is 8.16. The van der Waals surface area contributed by atoms with Crippen LogP contribution in [0.1, 0.15) is 51.0 Å². The van der Waals surface area contributed by atoms with E-state index in [-0.39, 0.29) is 18.0 Å². The fourth-order valence-electron chi connectivity index (χ4n) is 9.13. The Labute approximate surface area is 327 Å². The minimum Gasteiger partial charge on any atom is -0.457 e. The maximum atomic E-state index is 12.3. The molecule has 5 aromatic rings. The van der Waals surface area contributed by atoms with E-state index >= 15 is 0 Å². The molecule has 0 bridgehead atoms. The average Bonchev–Trinajstić information content (AvgIpc) is 3.63. The second-order valence-electron chi connectivity index (χ2n) is 15.7. The number of amides is 3. The van der Waals surface area contributed by atoms with Gasteiger partial charge in [0, 0.05) is 62.1 Å². The molecule has 3 amide bonds. The van der Waals surface area contributed by atoms with E-state index in [0.717, 1.165) is 91.6 Å². The van der Waals surface area contributed by atoms with Crippen LogP contribution >= 0.6 is 0 Å². The van der Waals surface area contributed by atoms with Gasteiger partial charge in [-0.3, -0.25) is 19.9 Å². The largest absolute Gasteiger partial charge is 0.457 e. The van der Waals surface area contributed by atoms with Crippen molar-refractivity contribution in [2.45, 2.75) is 57.0 Å². The number of para-hydroxylation sites is 1. The first-order valence-electron chi connectivity index (χ1n) is 20.2. The van der Waals surface area contributed by atoms with Crippen LogP contribution in [0.25, 0.3) is 22.3 Å². The lowest BCUT2D eigenvalue weighted by Gasteiger charge is -2.43. The normalized spacial score (nSPS) is 20.8. The average molecular weight is 755 g/mol. The van der Waals surface area contributed by atoms with Gasteiger partial charge in [0.15, 0.2) is 5.65 Å². The van der Waals surface area contributed by atoms with Crippen LogP contribution in [-0.4, -0.2) is 99.9 Å². The van der Waals surface area contributed by atoms with Crippen molar-refractivity contribution in [2.75, 3.05) is 67.9 Å². The van der Waals surface area contributed by atoms with E-state index in [0.29, 0.717) is 30.7 Å². The Morgan fingerprint density at radius 2 is 1.48 bits per heavy atom. The van der Waals surface area contributed by atoms with Gasteiger partial charge in [-0.15, -0.1) is 0 Å². The summed E-state index contributed by atoms with van der Waals surface area (Å²) in [7, 11) is 0. The molecule has 13 heteroatoms. The Morgan fingerprint density at radius 3 is 2.23 bits per heavy atom. The molecule has 0 spiro atoms. The zero-order valence-electron chi connectivity index (χ0n) is 31.8. The zero-order chi connectivity index (χ0) is 38.0. The number of nitrogen functional groups attached to an aromatic ring is 1. The van der Waals surface area contributed by atoms with Gasteiger partial charge in [0.25, 0.3) is 0 Å². The number of hydrogen-bond acceptors (Lipinski definition) is 10. The van der Waals surface area contributed by atoms with Crippen molar-refractivity contribution >= 4 is 40.2 Å². The SMILES string of the molecule is Nc1ncnc2c1c(-c1ccc(Oc3ccccc3)cc1)nn2[C@@H]1CCCN(C2CCN(CC3CCN(c4ccc(N5CCC(=O)NC5=O)cc4)CC3)CC2)C1. The first-order valence-corrected chi connectivity index (χ1v) is 20.2. The summed E-state index contributed by atoms with van der Waals surface area (Å²) in [6, 6.07) is 26.4. The molecule has 2 aromatic heterocycles. The van der Waals surface area contributed by atoms with E-state index in [4.69, 9.17) is 20.6 Å². The van der Waals surface area contributed by atoms with Crippen LogP contribution < -0.4 is 25.6 Å². The standard InChI is InChI=1S/C43H50N10O3/c44-41-39-40(31-8-14-37(15-9-31)56-36-6-2-1-3-7-36)48-53(42(39)46-29-45-41)35-5-4-21-51(28-35)33-18-22-49(23-19-33)27-30-16-24-50(25-17-30)32-10-12-34(13-11-32)52-26-20-38(54)47-43(52)55/h1-3,6-15,29-30,33,35H,4-5,16-28H2,(H2,44,45,46)(H,47,54,55)/t35-/m1/s1. The summed E-state index contributed by atoms with van der Waals surface area (Å²) in [6.45, 7) is 8.05. The number of nitrogens with zero attached hydrogens (tertiary/aromatic N) is 8. The van der Waals surface area contributed by atoms with Crippen LogP contribution in [0.15, 0.2) is 85.2 Å². The van der Waals surface area contributed by atoms with Crippen LogP contribution in [0.4, 0.5) is 22.0 Å². The topological polar surface area (TPSA) is 138 Å². The lowest BCUT2D eigenvalue weighted by Crippen LogP contribution is -2.50. The van der Waals surface area contributed by atoms with Crippen molar-refractivity contribution in [3.8, 4) is 22.8 Å². The number of rotatable bonds is 9. The number of hydrogen-bond donors (Lipinski definition) is 2. The number of benzene rings is 3. The fraction of sp³-hybridized carbons (Fsp3) is 0.419. The number of carbonyl (C=O) groups is 2. The molecule has 4 fully saturated rings. The summed E-state index contributed by atoms with van der Waals surface area (Å²) in [5.74, 6) is 2.51. The van der Waals surface area contributed by atoms with E-state index in [1.807, 2.05) is 66.7 Å². The third kappa shape index (κ3) is 7.65. The van der Waals surface area contributed by atoms with Crippen LogP contribution in [0.5, 0.6) is 11.5 Å². The first-order chi connectivity index (χ1) is 27.4. The van der Waals surface area contributed by atoms with E-state index < -0.39 is 0 Å². The molecule has 1 atom stereocenters. The molecule has 3 N–H and O–H groups in total. The van der Waals surface area contributed by atoms with Gasteiger partial charge >= 0.3 is 6.03 Å². The highest BCUT2D eigenvalue weighted by Crippen LogP contribution is 2.36. The third-order valence-electron chi connectivity index (χ3n) is 12.2. The highest BCUT2D eigenvalue weighted by molar-refractivity contribution is 6.05. The van der Waals surface area contributed by atoms with Gasteiger partial charge in [0.2, 0.25) is 5.91 Å². The lowest BCUT2D eigenvalue weighted by atomic mass is 9.93. The van der Waals surface area contributed by atoms with Crippen molar-refractivity contribution in [1.82, 2.24) is 34.9 Å². The maximum absolute atomic E-state index is 12.3. The first kappa shape index (κ1) is 36.1. The summed E-state index contributed by atoms with van der Waals surface area (Å²) >= 11 is 0. The molecule has 6 heterocycles. The van der Waals surface area contributed by atoms with Crippen LogP contribution in [0, 0.1) is 5.92 Å². The Morgan fingerprint density at radius 1 is 0.750 bits per heavy atom. The Bertz CT molecular complexity index is 2140. The zero-order valence-corrected chi connectivity index (χ0v) is 31.8. The number of nitrogens with one attached hydrogen (secondary N) is 1. The molecule has 0 saturated carbocycles. The smallest absolute Gasteiger partial charge is 0.328 e. The second-order valence-corrected chi connectivity index (χ2v) is 15.7. The quantitative estimate of drug-likeness (QED) is 0.176. The van der Waals surface area contributed by atoms with Crippen molar-refractivity contribution in [3.63, 3.8) is 0 Å². The fourth-order valence-corrected chi connectivity index (χ4v) is 9.13. The molecule has 9 rings (SSSR count). The predicted octanol–water partition coefficient (Wildman–Crippen LogP) is 6.33. The van der Waals surface area contributed by atoms with E-state index in [2.05, 4.69) is 41.8 Å². The summed E-state index contributed by atoms with van der Waals surface area (Å²) in [5.41, 5.74) is 11.1. The Hall–Kier alpha value is -5.53. The molecule has 56 heavy (non-hydrogen) atoms. The highest BCUT2D eigenvalue weighted by atomic mass is 16.5. The molecular weight excluding hydrogens is 705 g/mol. The lowest BCUT2D eigenvalue weighted by molar-refractivity contribution is -0.120. The van der Waals surface area contributed by atoms with E-state index in [1.165, 1.54) is 37.9 Å². The van der Waals surface area contributed by atoms with Crippen molar-refractivity contribution < 1.29 is 14.3 Å². The molecule has 4 saturated heterocycles. The van der Waals surface area contributed by atoms with E-state index in [1.54, 1.807) is 11.2 Å². The summed E-state index contributed by atoms with van der Waals surface area (Å²) in [5, 5.41) is 8.41. The number of likely N-dealkylation sites (tertiary alicyclic amines) is 2. The minimum absolute atomic E-state index is 0.211. The number of imide groups is 1. The predicted molar refractivity (Wildman–Crippen MR) is 218 cm³/mol. The number of piperidine rings is 3. The van der Waals surface area contributed by atoms with Gasteiger partial charge in [-0.1, -0.05) is 18.2 Å². The number of urea groups is 1. The van der Waals surface area contributed by atoms with Crippen molar-refractivity contribution in [2.24, 2.45) is 5.92 Å². The van der Waals surface area contributed by atoms with E-state index in [9.17, 15) is 9.59 Å². The molecule has 4 aliphatic heterocycles. The monoisotopic (exact) mass is 754 g/mol. The molecule has 0 unspecified atom stereocenters. The number of fused-ring (bicyclic) bond motifs is 1. The van der Waals surface area contributed by atoms with Gasteiger partial charge in [-0.05, 0) is 125 Å². The number of aromatic nitrogens is 4. The molecule has 0 radical (unpaired) electrons. The number of ether oxygens (including phenoxy) is 1. The minimum atomic E-state index is -0.341. The van der Waals surface area contributed by atoms with Gasteiger partial charge < -0.3 is 20.3 Å². The van der Waals surface area contributed by atoms with Gasteiger partial charge in [0.1, 0.15) is 29.3 Å². The Balaban J connectivity index is 0.781. The number of anilines is 3.